The zero-order chi connectivity index (χ0) is 15.8. The smallest absolute Gasteiger partial charge is 0.0521 e. The van der Waals surface area contributed by atoms with Gasteiger partial charge in [0, 0.05) is 5.92 Å². The van der Waals surface area contributed by atoms with Gasteiger partial charge in [0.2, 0.25) is 0 Å². The van der Waals surface area contributed by atoms with E-state index in [4.69, 9.17) is 0 Å². The SMILES string of the molecule is CCCCCc1ccc(-c2ccc(C(CO)CO)cc2)cc1. The average molecular weight is 298 g/mol. The molecule has 2 heteroatoms. The molecule has 0 bridgehead atoms. The van der Waals surface area contributed by atoms with E-state index in [1.54, 1.807) is 0 Å². The minimum absolute atomic E-state index is 0.0255. The van der Waals surface area contributed by atoms with Gasteiger partial charge in [0.05, 0.1) is 13.2 Å². The van der Waals surface area contributed by atoms with Crippen molar-refractivity contribution in [1.29, 1.82) is 0 Å². The van der Waals surface area contributed by atoms with E-state index in [1.807, 2.05) is 12.1 Å². The zero-order valence-corrected chi connectivity index (χ0v) is 13.3. The molecule has 0 aliphatic carbocycles. The van der Waals surface area contributed by atoms with Gasteiger partial charge in [0.15, 0.2) is 0 Å². The predicted molar refractivity (Wildman–Crippen MR) is 92.0 cm³/mol. The van der Waals surface area contributed by atoms with Crippen molar-refractivity contribution in [3.63, 3.8) is 0 Å². The van der Waals surface area contributed by atoms with Gasteiger partial charge in [-0.1, -0.05) is 68.3 Å². The van der Waals surface area contributed by atoms with Crippen LogP contribution in [0.2, 0.25) is 0 Å². The number of hydrogen-bond acceptors (Lipinski definition) is 2. The maximum atomic E-state index is 9.23. The molecule has 2 rings (SSSR count). The first kappa shape index (κ1) is 16.7. The van der Waals surface area contributed by atoms with Crippen molar-refractivity contribution in [1.82, 2.24) is 0 Å². The van der Waals surface area contributed by atoms with Crippen LogP contribution < -0.4 is 0 Å². The molecule has 0 atom stereocenters. The quantitative estimate of drug-likeness (QED) is 0.719. The molecule has 118 valence electrons. The van der Waals surface area contributed by atoms with Crippen molar-refractivity contribution < 1.29 is 10.2 Å². The Morgan fingerprint density at radius 3 is 1.82 bits per heavy atom. The van der Waals surface area contributed by atoms with Gasteiger partial charge in [-0.25, -0.2) is 0 Å². The molecule has 2 N–H and O–H groups in total. The first-order chi connectivity index (χ1) is 10.8. The molecule has 2 nitrogen and oxygen atoms in total. The lowest BCUT2D eigenvalue weighted by Crippen LogP contribution is -2.08. The second kappa shape index (κ2) is 8.72. The lowest BCUT2D eigenvalue weighted by Gasteiger charge is -2.12. The second-order valence-corrected chi connectivity index (χ2v) is 5.84. The lowest BCUT2D eigenvalue weighted by molar-refractivity contribution is 0.192. The van der Waals surface area contributed by atoms with Crippen molar-refractivity contribution in [2.45, 2.75) is 38.5 Å². The van der Waals surface area contributed by atoms with Crippen LogP contribution in [0.3, 0.4) is 0 Å². The van der Waals surface area contributed by atoms with Crippen LogP contribution in [-0.2, 0) is 6.42 Å². The third-order valence-electron chi connectivity index (χ3n) is 4.18. The van der Waals surface area contributed by atoms with Gasteiger partial charge in [0.25, 0.3) is 0 Å². The van der Waals surface area contributed by atoms with Gasteiger partial charge in [-0.05, 0) is 35.1 Å². The Morgan fingerprint density at radius 1 is 0.773 bits per heavy atom. The number of benzene rings is 2. The number of aliphatic hydroxyl groups excluding tert-OH is 2. The molecule has 0 amide bonds. The van der Waals surface area contributed by atoms with Crippen LogP contribution in [0, 0.1) is 0 Å². The molecular weight excluding hydrogens is 272 g/mol. The van der Waals surface area contributed by atoms with E-state index in [2.05, 4.69) is 43.3 Å². The van der Waals surface area contributed by atoms with E-state index in [0.29, 0.717) is 0 Å². The summed E-state index contributed by atoms with van der Waals surface area (Å²) in [7, 11) is 0. The summed E-state index contributed by atoms with van der Waals surface area (Å²) in [6, 6.07) is 16.9. The fraction of sp³-hybridized carbons (Fsp3) is 0.400. The van der Waals surface area contributed by atoms with E-state index in [9.17, 15) is 10.2 Å². The second-order valence-electron chi connectivity index (χ2n) is 5.84. The monoisotopic (exact) mass is 298 g/mol. The number of hydrogen-bond donors (Lipinski definition) is 2. The van der Waals surface area contributed by atoms with Crippen LogP contribution in [0.4, 0.5) is 0 Å². The van der Waals surface area contributed by atoms with Crippen molar-refractivity contribution in [3.05, 3.63) is 59.7 Å². The largest absolute Gasteiger partial charge is 0.396 e. The summed E-state index contributed by atoms with van der Waals surface area (Å²) >= 11 is 0. The van der Waals surface area contributed by atoms with E-state index in [1.165, 1.54) is 36.0 Å². The van der Waals surface area contributed by atoms with Crippen molar-refractivity contribution >= 4 is 0 Å². The van der Waals surface area contributed by atoms with Gasteiger partial charge in [0.1, 0.15) is 0 Å². The molecule has 2 aromatic carbocycles. The van der Waals surface area contributed by atoms with Gasteiger partial charge < -0.3 is 10.2 Å². The van der Waals surface area contributed by atoms with E-state index in [-0.39, 0.29) is 19.1 Å². The molecular formula is C20H26O2. The van der Waals surface area contributed by atoms with Crippen LogP contribution in [0.1, 0.15) is 43.2 Å². The highest BCUT2D eigenvalue weighted by atomic mass is 16.3. The zero-order valence-electron chi connectivity index (χ0n) is 13.3. The van der Waals surface area contributed by atoms with Crippen molar-refractivity contribution in [2.75, 3.05) is 13.2 Å². The fourth-order valence-electron chi connectivity index (χ4n) is 2.66. The Bertz CT molecular complexity index is 539. The van der Waals surface area contributed by atoms with Gasteiger partial charge in [-0.3, -0.25) is 0 Å². The number of unbranched alkanes of at least 4 members (excludes halogenated alkanes) is 2. The molecule has 0 unspecified atom stereocenters. The summed E-state index contributed by atoms with van der Waals surface area (Å²) in [5.41, 5.74) is 4.74. The first-order valence-electron chi connectivity index (χ1n) is 8.19. The summed E-state index contributed by atoms with van der Waals surface area (Å²) in [4.78, 5) is 0. The molecule has 0 heterocycles. The maximum Gasteiger partial charge on any atom is 0.0521 e. The fourth-order valence-corrected chi connectivity index (χ4v) is 2.66. The minimum Gasteiger partial charge on any atom is -0.396 e. The Hall–Kier alpha value is -1.64. The average Bonchev–Trinajstić information content (AvgIpc) is 2.58. The summed E-state index contributed by atoms with van der Waals surface area (Å²) in [5.74, 6) is -0.185. The van der Waals surface area contributed by atoms with Crippen LogP contribution in [0.5, 0.6) is 0 Å². The summed E-state index contributed by atoms with van der Waals surface area (Å²) in [5, 5.41) is 18.5. The molecule has 0 fully saturated rings. The standard InChI is InChI=1S/C20H26O2/c1-2-3-4-5-16-6-8-17(9-7-16)18-10-12-19(13-11-18)20(14-21)15-22/h6-13,20-22H,2-5,14-15H2,1H3. The number of aliphatic hydroxyl groups is 2. The molecule has 0 aromatic heterocycles. The van der Waals surface area contributed by atoms with Crippen molar-refractivity contribution in [3.8, 4) is 11.1 Å². The van der Waals surface area contributed by atoms with Gasteiger partial charge >= 0.3 is 0 Å². The van der Waals surface area contributed by atoms with Crippen LogP contribution >= 0.6 is 0 Å². The Balaban J connectivity index is 2.05. The van der Waals surface area contributed by atoms with Gasteiger partial charge in [-0.2, -0.15) is 0 Å². The van der Waals surface area contributed by atoms with E-state index in [0.717, 1.165) is 12.0 Å². The van der Waals surface area contributed by atoms with E-state index >= 15 is 0 Å². The lowest BCUT2D eigenvalue weighted by atomic mass is 9.96. The molecule has 2 aromatic rings. The highest BCUT2D eigenvalue weighted by molar-refractivity contribution is 5.64. The highest BCUT2D eigenvalue weighted by Gasteiger charge is 2.08. The minimum atomic E-state index is -0.185. The predicted octanol–water partition coefficient (Wildman–Crippen LogP) is 4.15. The summed E-state index contributed by atoms with van der Waals surface area (Å²) < 4.78 is 0. The molecule has 22 heavy (non-hydrogen) atoms. The Morgan fingerprint density at radius 2 is 1.32 bits per heavy atom. The molecule has 0 radical (unpaired) electrons. The normalized spacial score (nSPS) is 11.1. The van der Waals surface area contributed by atoms with Crippen LogP contribution in [0.15, 0.2) is 48.5 Å². The maximum absolute atomic E-state index is 9.23. The highest BCUT2D eigenvalue weighted by Crippen LogP contribution is 2.23. The van der Waals surface area contributed by atoms with Crippen LogP contribution in [0.25, 0.3) is 11.1 Å². The third-order valence-corrected chi connectivity index (χ3v) is 4.18. The Kier molecular flexibility index (Phi) is 6.63. The topological polar surface area (TPSA) is 40.5 Å². The number of rotatable bonds is 8. The Labute approximate surface area is 133 Å². The molecule has 0 saturated heterocycles. The molecule has 0 spiro atoms. The van der Waals surface area contributed by atoms with E-state index < -0.39 is 0 Å². The van der Waals surface area contributed by atoms with Crippen LogP contribution in [-0.4, -0.2) is 23.4 Å². The number of aryl methyl sites for hydroxylation is 1. The van der Waals surface area contributed by atoms with Crippen molar-refractivity contribution in [2.24, 2.45) is 0 Å². The summed E-state index contributed by atoms with van der Waals surface area (Å²) in [6.45, 7) is 2.18. The molecule has 0 aliphatic rings. The van der Waals surface area contributed by atoms with Gasteiger partial charge in [-0.15, -0.1) is 0 Å². The molecule has 0 aliphatic heterocycles. The first-order valence-corrected chi connectivity index (χ1v) is 8.19. The molecule has 0 saturated carbocycles. The third kappa shape index (κ3) is 4.43. The summed E-state index contributed by atoms with van der Waals surface area (Å²) in [6.07, 6.45) is 4.96.